The Morgan fingerprint density at radius 2 is 1.68 bits per heavy atom. The van der Waals surface area contributed by atoms with E-state index in [1.807, 2.05) is 19.9 Å². The van der Waals surface area contributed by atoms with Gasteiger partial charge in [-0.15, -0.1) is 0 Å². The predicted octanol–water partition coefficient (Wildman–Crippen LogP) is 5.72. The molecule has 0 heterocycles. The summed E-state index contributed by atoms with van der Waals surface area (Å²) in [4.78, 5) is 0. The molecule has 0 saturated heterocycles. The van der Waals surface area contributed by atoms with Gasteiger partial charge in [-0.25, -0.2) is 0 Å². The molecule has 0 aliphatic carbocycles. The molecular formula is C12H25Cl3O2Si2. The van der Waals surface area contributed by atoms with Crippen molar-refractivity contribution in [3.63, 3.8) is 0 Å². The van der Waals surface area contributed by atoms with Crippen LogP contribution in [0.25, 0.3) is 0 Å². The lowest BCUT2D eigenvalue weighted by atomic mass is 10.1. The fourth-order valence-electron chi connectivity index (χ4n) is 1.21. The van der Waals surface area contributed by atoms with Crippen LogP contribution in [0.4, 0.5) is 0 Å². The Morgan fingerprint density at radius 3 is 2.00 bits per heavy atom. The minimum absolute atomic E-state index is 0.0854. The summed E-state index contributed by atoms with van der Waals surface area (Å²) < 4.78 is 11.6. The van der Waals surface area contributed by atoms with Crippen LogP contribution < -0.4 is 0 Å². The molecule has 0 N–H and O–H groups in total. The molecule has 0 aliphatic heterocycles. The van der Waals surface area contributed by atoms with E-state index in [0.717, 1.165) is 0 Å². The van der Waals surface area contributed by atoms with Gasteiger partial charge in [-0.05, 0) is 25.1 Å². The Bertz CT molecular complexity index is 320. The van der Waals surface area contributed by atoms with Crippen molar-refractivity contribution in [2.45, 2.75) is 52.8 Å². The summed E-state index contributed by atoms with van der Waals surface area (Å²) in [7, 11) is -1.76. The number of rotatable bonds is 6. The summed E-state index contributed by atoms with van der Waals surface area (Å²) in [5.74, 6) is 0.785. The first-order chi connectivity index (χ1) is 8.30. The zero-order valence-electron chi connectivity index (χ0n) is 12.8. The van der Waals surface area contributed by atoms with Crippen LogP contribution in [0.3, 0.4) is 0 Å². The van der Waals surface area contributed by atoms with Crippen LogP contribution in [0, 0.1) is 5.92 Å². The molecule has 2 nitrogen and oxygen atoms in total. The molecule has 19 heavy (non-hydrogen) atoms. The molecule has 0 fully saturated rings. The number of halogens is 3. The van der Waals surface area contributed by atoms with Crippen LogP contribution in [-0.2, 0) is 8.85 Å². The molecule has 0 unspecified atom stereocenters. The van der Waals surface area contributed by atoms with Gasteiger partial charge >= 0.3 is 6.25 Å². The molecule has 0 aliphatic rings. The van der Waals surface area contributed by atoms with Crippen LogP contribution >= 0.6 is 33.2 Å². The quantitative estimate of drug-likeness (QED) is 0.341. The van der Waals surface area contributed by atoms with Gasteiger partial charge in [0.15, 0.2) is 8.32 Å². The number of allylic oxidation sites excluding steroid dienone is 1. The Morgan fingerprint density at radius 1 is 1.21 bits per heavy atom. The fraction of sp³-hybridized carbons (Fsp3) is 0.833. The minimum atomic E-state index is -3.11. The van der Waals surface area contributed by atoms with Gasteiger partial charge in [0.05, 0.1) is 5.76 Å². The van der Waals surface area contributed by atoms with Crippen LogP contribution in [0.2, 0.25) is 18.1 Å². The van der Waals surface area contributed by atoms with E-state index in [0.29, 0.717) is 12.4 Å². The summed E-state index contributed by atoms with van der Waals surface area (Å²) in [6, 6.07) is 0. The van der Waals surface area contributed by atoms with Crippen molar-refractivity contribution < 1.29 is 8.85 Å². The largest absolute Gasteiger partial charge is 0.555 e. The maximum Gasteiger partial charge on any atom is 0.555 e. The lowest BCUT2D eigenvalue weighted by Crippen LogP contribution is -2.42. The van der Waals surface area contributed by atoms with E-state index in [1.165, 1.54) is 0 Å². The summed E-state index contributed by atoms with van der Waals surface area (Å²) in [5, 5.41) is 0.188. The highest BCUT2D eigenvalue weighted by Crippen LogP contribution is 2.37. The zero-order valence-corrected chi connectivity index (χ0v) is 17.1. The minimum Gasteiger partial charge on any atom is -0.512 e. The second-order valence-electron chi connectivity index (χ2n) is 6.21. The van der Waals surface area contributed by atoms with Crippen LogP contribution in [0.5, 0.6) is 0 Å². The molecule has 0 spiro atoms. The maximum absolute atomic E-state index is 6.16. The van der Waals surface area contributed by atoms with E-state index in [4.69, 9.17) is 42.1 Å². The van der Waals surface area contributed by atoms with E-state index in [2.05, 4.69) is 33.9 Å². The lowest BCUT2D eigenvalue weighted by Gasteiger charge is -2.37. The van der Waals surface area contributed by atoms with E-state index >= 15 is 0 Å². The second-order valence-corrected chi connectivity index (χ2v) is 18.6. The molecular weight excluding hydrogens is 339 g/mol. The van der Waals surface area contributed by atoms with Gasteiger partial charge in [0, 0.05) is 12.5 Å². The first-order valence-corrected chi connectivity index (χ1v) is 14.2. The van der Waals surface area contributed by atoms with E-state index in [1.54, 1.807) is 0 Å². The predicted molar refractivity (Wildman–Crippen MR) is 90.5 cm³/mol. The third-order valence-electron chi connectivity index (χ3n) is 3.50. The van der Waals surface area contributed by atoms with Crippen LogP contribution in [0.15, 0.2) is 11.8 Å². The Hall–Kier alpha value is 0.804. The van der Waals surface area contributed by atoms with Crippen molar-refractivity contribution in [1.29, 1.82) is 0 Å². The molecule has 0 amide bonds. The molecule has 0 radical (unpaired) electrons. The van der Waals surface area contributed by atoms with Gasteiger partial charge in [-0.1, -0.05) is 67.0 Å². The van der Waals surface area contributed by atoms with E-state index < -0.39 is 14.6 Å². The molecule has 0 aromatic carbocycles. The summed E-state index contributed by atoms with van der Waals surface area (Å²) in [6.45, 7) is 15.6. The second kappa shape index (κ2) is 7.18. The zero-order chi connectivity index (χ0) is 15.5. The average molecular weight is 364 g/mol. The van der Waals surface area contributed by atoms with Crippen molar-refractivity contribution in [2.24, 2.45) is 5.92 Å². The maximum atomic E-state index is 6.16. The highest BCUT2D eigenvalue weighted by atomic mass is 35.8. The Balaban J connectivity index is 4.58. The Labute approximate surface area is 133 Å². The first kappa shape index (κ1) is 19.8. The smallest absolute Gasteiger partial charge is 0.512 e. The third kappa shape index (κ3) is 7.39. The SMILES string of the molecule is C/C=C(\O[Si](Cl)(Cl)Cl)[C@@H](C)CO[Si](C)(C)C(C)(C)C. The molecule has 0 aromatic rings. The van der Waals surface area contributed by atoms with Gasteiger partial charge in [-0.2, -0.15) is 0 Å². The highest BCUT2D eigenvalue weighted by Gasteiger charge is 2.38. The molecule has 0 bridgehead atoms. The van der Waals surface area contributed by atoms with Crippen molar-refractivity contribution in [3.8, 4) is 0 Å². The monoisotopic (exact) mass is 362 g/mol. The molecule has 7 heteroatoms. The summed E-state index contributed by atoms with van der Waals surface area (Å²) >= 11 is 17.4. The molecule has 114 valence electrons. The van der Waals surface area contributed by atoms with Gasteiger partial charge < -0.3 is 8.85 Å². The molecule has 0 aromatic heterocycles. The van der Waals surface area contributed by atoms with Gasteiger partial charge in [-0.3, -0.25) is 0 Å². The summed E-state index contributed by atoms with van der Waals surface area (Å²) in [5.41, 5.74) is 0. The summed E-state index contributed by atoms with van der Waals surface area (Å²) in [6.07, 6.45) is -1.27. The van der Waals surface area contributed by atoms with Crippen molar-refractivity contribution >= 4 is 47.8 Å². The average Bonchev–Trinajstić information content (AvgIpc) is 2.19. The standard InChI is InChI=1S/C12H25Cl3O2Si2/c1-8-11(17-19(13,14)15)10(2)9-16-18(6,7)12(3,4)5/h8,10H,9H2,1-7H3/b11-8-/t10-/m0/s1. The van der Waals surface area contributed by atoms with Crippen molar-refractivity contribution in [1.82, 2.24) is 0 Å². The molecule has 0 rings (SSSR count). The van der Waals surface area contributed by atoms with Crippen LogP contribution in [-0.4, -0.2) is 21.2 Å². The topological polar surface area (TPSA) is 18.5 Å². The van der Waals surface area contributed by atoms with Gasteiger partial charge in [0.1, 0.15) is 0 Å². The van der Waals surface area contributed by atoms with E-state index in [-0.39, 0.29) is 11.0 Å². The third-order valence-corrected chi connectivity index (χ3v) is 9.17. The fourth-order valence-corrected chi connectivity index (χ4v) is 3.70. The molecule has 1 atom stereocenters. The van der Waals surface area contributed by atoms with Gasteiger partial charge in [0.25, 0.3) is 0 Å². The highest BCUT2D eigenvalue weighted by molar-refractivity contribution is 7.62. The van der Waals surface area contributed by atoms with Crippen LogP contribution in [0.1, 0.15) is 34.6 Å². The first-order valence-electron chi connectivity index (χ1n) is 6.36. The number of hydrogen-bond acceptors (Lipinski definition) is 2. The Kier molecular flexibility index (Phi) is 7.49. The van der Waals surface area contributed by atoms with Gasteiger partial charge in [0.2, 0.25) is 0 Å². The van der Waals surface area contributed by atoms with Crippen molar-refractivity contribution in [2.75, 3.05) is 6.61 Å². The van der Waals surface area contributed by atoms with E-state index in [9.17, 15) is 0 Å². The molecule has 0 saturated carbocycles. The lowest BCUT2D eigenvalue weighted by molar-refractivity contribution is 0.224. The van der Waals surface area contributed by atoms with Crippen molar-refractivity contribution in [3.05, 3.63) is 11.8 Å². The normalized spacial score (nSPS) is 16.4. The number of hydrogen-bond donors (Lipinski definition) is 0.